The molecular formula is C39H38F5N3O7S. The van der Waals surface area contributed by atoms with Gasteiger partial charge in [-0.3, -0.25) is 4.79 Å². The van der Waals surface area contributed by atoms with Gasteiger partial charge < -0.3 is 24.9 Å². The number of sulfonamides is 1. The minimum absolute atomic E-state index is 0.0172. The molecule has 55 heavy (non-hydrogen) atoms. The minimum atomic E-state index is -5.83. The number of carbonyl (C=O) groups is 2. The fraction of sp³-hybridized carbons (Fsp3) is 0.385. The van der Waals surface area contributed by atoms with E-state index in [9.17, 15) is 31.2 Å². The summed E-state index contributed by atoms with van der Waals surface area (Å²) in [6.45, 7) is 0. The molecule has 2 saturated heterocycles. The van der Waals surface area contributed by atoms with E-state index in [4.69, 9.17) is 15.2 Å². The number of nitrogens with two attached hydrogens (primary N) is 1. The number of alkyl halides is 5. The number of carbonyl (C=O) groups excluding carboxylic acids is 2. The van der Waals surface area contributed by atoms with Gasteiger partial charge in [-0.2, -0.15) is 22.0 Å². The fourth-order valence-corrected chi connectivity index (χ4v) is 9.13. The van der Waals surface area contributed by atoms with Crippen LogP contribution < -0.4 is 15.2 Å². The molecule has 4 aromatic rings. The molecule has 2 aliphatic heterocycles. The van der Waals surface area contributed by atoms with E-state index < -0.39 is 67.1 Å². The predicted molar refractivity (Wildman–Crippen MR) is 190 cm³/mol. The summed E-state index contributed by atoms with van der Waals surface area (Å²) in [7, 11) is -5.64. The topological polar surface area (TPSA) is 128 Å². The van der Waals surface area contributed by atoms with Crippen LogP contribution in [0.15, 0.2) is 95.9 Å². The number of nitrogens with zero attached hydrogens (tertiary/aromatic N) is 2. The highest BCUT2D eigenvalue weighted by atomic mass is 32.2. The molecule has 1 aliphatic carbocycles. The molecule has 2 bridgehead atoms. The number of hydrogen-bond donors (Lipinski definition) is 1. The highest BCUT2D eigenvalue weighted by Crippen LogP contribution is 2.44. The van der Waals surface area contributed by atoms with Gasteiger partial charge in [0.05, 0.1) is 11.0 Å². The Labute approximate surface area is 313 Å². The Kier molecular flexibility index (Phi) is 10.5. The molecule has 3 atom stereocenters. The largest absolute Gasteiger partial charge is 0.492 e. The lowest BCUT2D eigenvalue weighted by molar-refractivity contribution is -0.240. The molecule has 2 heterocycles. The number of hydrogen-bond acceptors (Lipinski definition) is 8. The van der Waals surface area contributed by atoms with Crippen molar-refractivity contribution in [3.05, 3.63) is 96.6 Å². The summed E-state index contributed by atoms with van der Waals surface area (Å²) in [6.07, 6.45) is -0.924. The van der Waals surface area contributed by atoms with Gasteiger partial charge in [-0.1, -0.05) is 30.3 Å². The van der Waals surface area contributed by atoms with Crippen molar-refractivity contribution in [1.82, 2.24) is 9.37 Å². The molecule has 1 saturated carbocycles. The standard InChI is InChI=1S/C39H38F5N3O7S/c40-38(41,26-12-17-32(18-13-26)52-30-6-2-1-3-7-30)35(36(48)46-28-14-15-29(46)23-27(45)22-28)47(54-37(49)39(42,43)44)55(50,51)34-19-11-24-20-33(16-10-25(24)21-34)53-31-8-4-5-9-31/h1-3,6-7,10-13,16-21,27-29,31,35H,4-5,8-9,14-15,22-23,45H2/t27?,28?,29?,35-/m1/s1. The minimum Gasteiger partial charge on any atom is -0.490 e. The highest BCUT2D eigenvalue weighted by Gasteiger charge is 2.60. The van der Waals surface area contributed by atoms with Crippen LogP contribution in [0.2, 0.25) is 0 Å². The first-order valence-corrected chi connectivity index (χ1v) is 19.4. The third kappa shape index (κ3) is 7.98. The molecular weight excluding hydrogens is 749 g/mol. The third-order valence-corrected chi connectivity index (χ3v) is 12.0. The summed E-state index contributed by atoms with van der Waals surface area (Å²) in [5.41, 5.74) is 5.19. The molecule has 2 N–H and O–H groups in total. The van der Waals surface area contributed by atoms with Gasteiger partial charge in [-0.15, -0.1) is 0 Å². The van der Waals surface area contributed by atoms with E-state index in [-0.39, 0.29) is 36.1 Å². The Hall–Kier alpha value is -4.80. The molecule has 2 unspecified atom stereocenters. The van der Waals surface area contributed by atoms with E-state index in [2.05, 4.69) is 4.84 Å². The maximum Gasteiger partial charge on any atom is 0.492 e. The zero-order chi connectivity index (χ0) is 39.1. The SMILES string of the molecule is NC1CC2CCC(C1)N2C(=O)[C@@H](N(OC(=O)C(F)(F)F)S(=O)(=O)c1ccc2cc(OC3CCCC3)ccc2c1)C(F)(F)c1ccc(Oc2ccccc2)cc1. The molecule has 10 nitrogen and oxygen atoms in total. The first-order valence-electron chi connectivity index (χ1n) is 17.9. The number of hydroxylamine groups is 1. The normalized spacial score (nSPS) is 21.1. The Balaban J connectivity index is 1.31. The molecule has 3 aliphatic rings. The molecule has 0 spiro atoms. The van der Waals surface area contributed by atoms with Crippen LogP contribution in [0, 0.1) is 0 Å². The Morgan fingerprint density at radius 3 is 1.98 bits per heavy atom. The molecule has 16 heteroatoms. The second-order valence-corrected chi connectivity index (χ2v) is 15.9. The second kappa shape index (κ2) is 15.0. The van der Waals surface area contributed by atoms with Gasteiger partial charge in [0, 0.05) is 23.7 Å². The lowest BCUT2D eigenvalue weighted by Gasteiger charge is -2.42. The Morgan fingerprint density at radius 2 is 1.35 bits per heavy atom. The summed E-state index contributed by atoms with van der Waals surface area (Å²) >= 11 is 0. The maximum absolute atomic E-state index is 17.1. The van der Waals surface area contributed by atoms with Gasteiger partial charge in [0.15, 0.2) is 0 Å². The van der Waals surface area contributed by atoms with Crippen LogP contribution in [-0.2, 0) is 30.4 Å². The Morgan fingerprint density at radius 1 is 0.764 bits per heavy atom. The highest BCUT2D eigenvalue weighted by molar-refractivity contribution is 7.89. The first kappa shape index (κ1) is 38.5. The van der Waals surface area contributed by atoms with Crippen molar-refractivity contribution in [2.75, 3.05) is 0 Å². The summed E-state index contributed by atoms with van der Waals surface area (Å²) in [6, 6.07) is 15.3. The van der Waals surface area contributed by atoms with Gasteiger partial charge in [0.1, 0.15) is 17.2 Å². The lowest BCUT2D eigenvalue weighted by atomic mass is 9.94. The number of ether oxygens (including phenoxy) is 2. The predicted octanol–water partition coefficient (Wildman–Crippen LogP) is 7.61. The van der Waals surface area contributed by atoms with E-state index in [0.717, 1.165) is 67.0 Å². The van der Waals surface area contributed by atoms with Crippen LogP contribution in [0.4, 0.5) is 22.0 Å². The number of fused-ring (bicyclic) bond motifs is 3. The van der Waals surface area contributed by atoms with Crippen molar-refractivity contribution in [3.8, 4) is 17.2 Å². The van der Waals surface area contributed by atoms with Crippen molar-refractivity contribution < 1.29 is 54.3 Å². The fourth-order valence-electron chi connectivity index (χ4n) is 7.74. The van der Waals surface area contributed by atoms with Crippen molar-refractivity contribution in [2.24, 2.45) is 5.73 Å². The number of piperidine rings is 1. The second-order valence-electron chi connectivity index (χ2n) is 14.2. The summed E-state index contributed by atoms with van der Waals surface area (Å²) in [5, 5.41) is 0.735. The van der Waals surface area contributed by atoms with Gasteiger partial charge in [0.25, 0.3) is 15.9 Å². The van der Waals surface area contributed by atoms with Crippen molar-refractivity contribution >= 4 is 32.7 Å². The maximum atomic E-state index is 17.1. The third-order valence-electron chi connectivity index (χ3n) is 10.4. The van der Waals surface area contributed by atoms with Crippen LogP contribution in [-0.4, -0.2) is 66.1 Å². The summed E-state index contributed by atoms with van der Waals surface area (Å²) in [4.78, 5) is 31.6. The quantitative estimate of drug-likeness (QED) is 0.122. The molecule has 3 fully saturated rings. The number of benzene rings is 4. The zero-order valence-electron chi connectivity index (χ0n) is 29.3. The van der Waals surface area contributed by atoms with Gasteiger partial charge in [0.2, 0.25) is 6.04 Å². The van der Waals surface area contributed by atoms with Crippen molar-refractivity contribution in [3.63, 3.8) is 0 Å². The molecule has 7 rings (SSSR count). The van der Waals surface area contributed by atoms with Crippen molar-refractivity contribution in [2.45, 2.75) is 98.6 Å². The molecule has 0 aromatic heterocycles. The van der Waals surface area contributed by atoms with Crippen LogP contribution in [0.3, 0.4) is 0 Å². The van der Waals surface area contributed by atoms with Crippen LogP contribution in [0.25, 0.3) is 10.8 Å². The first-order chi connectivity index (χ1) is 26.1. The monoisotopic (exact) mass is 787 g/mol. The van der Waals surface area contributed by atoms with Gasteiger partial charge in [-0.25, -0.2) is 13.2 Å². The van der Waals surface area contributed by atoms with Crippen LogP contribution in [0.5, 0.6) is 17.2 Å². The lowest BCUT2D eigenvalue weighted by Crippen LogP contribution is -2.62. The average Bonchev–Trinajstić information content (AvgIpc) is 3.76. The molecule has 4 aromatic carbocycles. The summed E-state index contributed by atoms with van der Waals surface area (Å²) in [5.74, 6) is -8.26. The van der Waals surface area contributed by atoms with Gasteiger partial charge in [-0.05, 0) is 127 Å². The number of amides is 1. The van der Waals surface area contributed by atoms with E-state index in [1.54, 1.807) is 42.5 Å². The number of para-hydroxylation sites is 1. The Bertz CT molecular complexity index is 2130. The van der Waals surface area contributed by atoms with E-state index in [1.165, 1.54) is 12.1 Å². The average molecular weight is 788 g/mol. The van der Waals surface area contributed by atoms with E-state index in [0.29, 0.717) is 29.7 Å². The van der Waals surface area contributed by atoms with E-state index >= 15 is 8.78 Å². The van der Waals surface area contributed by atoms with Crippen LogP contribution >= 0.6 is 0 Å². The number of halogens is 5. The zero-order valence-corrected chi connectivity index (χ0v) is 30.1. The smallest absolute Gasteiger partial charge is 0.490 e. The van der Waals surface area contributed by atoms with E-state index in [1.807, 2.05) is 0 Å². The molecule has 0 radical (unpaired) electrons. The van der Waals surface area contributed by atoms with Gasteiger partial charge >= 0.3 is 18.1 Å². The van der Waals surface area contributed by atoms with Crippen LogP contribution in [0.1, 0.15) is 56.9 Å². The van der Waals surface area contributed by atoms with Crippen molar-refractivity contribution in [1.29, 1.82) is 0 Å². The molecule has 1 amide bonds. The summed E-state index contributed by atoms with van der Waals surface area (Å²) < 4.78 is 116. The number of rotatable bonds is 11. The molecule has 292 valence electrons.